The number of aromatic carboxylic acids is 1. The molecule has 0 radical (unpaired) electrons. The number of nitrogens with two attached hydrogens (primary N) is 1. The van der Waals surface area contributed by atoms with Crippen LogP contribution in [0.4, 0.5) is 0 Å². The molecule has 0 bridgehead atoms. The van der Waals surface area contributed by atoms with E-state index in [1.807, 2.05) is 36.4 Å². The van der Waals surface area contributed by atoms with Crippen LogP contribution in [0.25, 0.3) is 22.9 Å². The zero-order valence-corrected chi connectivity index (χ0v) is 12.9. The summed E-state index contributed by atoms with van der Waals surface area (Å²) in [6.07, 6.45) is 5.58. The number of fused-ring (bicyclic) bond motifs is 1. The van der Waals surface area contributed by atoms with Gasteiger partial charge in [-0.2, -0.15) is 5.10 Å². The quantitative estimate of drug-likeness (QED) is 0.330. The van der Waals surface area contributed by atoms with Crippen LogP contribution in [0.3, 0.4) is 0 Å². The van der Waals surface area contributed by atoms with Crippen molar-refractivity contribution in [2.45, 2.75) is 0 Å². The molecule has 24 heavy (non-hydrogen) atoms. The number of hydrogen-bond acceptors (Lipinski definition) is 3. The Kier molecular flexibility index (Phi) is 4.38. The van der Waals surface area contributed by atoms with Gasteiger partial charge in [0.2, 0.25) is 0 Å². The molecule has 3 aromatic rings. The molecule has 0 atom stereocenters. The number of carboxylic acids is 1. The molecule has 118 valence electrons. The summed E-state index contributed by atoms with van der Waals surface area (Å²) < 4.78 is 0. The van der Waals surface area contributed by atoms with E-state index in [1.54, 1.807) is 30.5 Å². The van der Waals surface area contributed by atoms with Gasteiger partial charge in [0.1, 0.15) is 0 Å². The second-order valence-corrected chi connectivity index (χ2v) is 5.40. The summed E-state index contributed by atoms with van der Waals surface area (Å²) in [5.74, 6) is 4.26. The number of benzene rings is 3. The fourth-order valence-corrected chi connectivity index (χ4v) is 2.48. The van der Waals surface area contributed by atoms with Gasteiger partial charge in [0.05, 0.1) is 11.8 Å². The highest BCUT2D eigenvalue weighted by Gasteiger charge is 2.00. The summed E-state index contributed by atoms with van der Waals surface area (Å²) in [6, 6.07) is 19.0. The number of hydrazone groups is 1. The Bertz CT molecular complexity index is 942. The first-order chi connectivity index (χ1) is 11.7. The van der Waals surface area contributed by atoms with Crippen LogP contribution in [0.1, 0.15) is 27.0 Å². The standard InChI is InChI=1S/C20H16N2O2/c21-22-13-16-6-10-18-11-15(5-9-19(18)12-16)2-1-14-3-7-17(8-4-14)20(23)24/h1-13H,21H2,(H,23,24). The van der Waals surface area contributed by atoms with E-state index in [2.05, 4.69) is 17.2 Å². The van der Waals surface area contributed by atoms with E-state index in [4.69, 9.17) is 10.9 Å². The Morgan fingerprint density at radius 1 is 0.833 bits per heavy atom. The van der Waals surface area contributed by atoms with Crippen molar-refractivity contribution < 1.29 is 9.90 Å². The maximum absolute atomic E-state index is 10.8. The lowest BCUT2D eigenvalue weighted by molar-refractivity contribution is 0.0697. The van der Waals surface area contributed by atoms with Gasteiger partial charge in [-0.15, -0.1) is 0 Å². The van der Waals surface area contributed by atoms with Crippen molar-refractivity contribution in [1.29, 1.82) is 0 Å². The van der Waals surface area contributed by atoms with Crippen LogP contribution in [0.5, 0.6) is 0 Å². The SMILES string of the molecule is NN=Cc1ccc2cc(C=Cc3ccc(C(=O)O)cc3)ccc2c1. The molecule has 4 heteroatoms. The molecule has 0 aliphatic heterocycles. The molecule has 0 aromatic heterocycles. The molecule has 3 aromatic carbocycles. The Morgan fingerprint density at radius 3 is 2.00 bits per heavy atom. The third-order valence-electron chi connectivity index (χ3n) is 3.74. The van der Waals surface area contributed by atoms with E-state index in [0.29, 0.717) is 0 Å². The van der Waals surface area contributed by atoms with Crippen molar-refractivity contribution >= 4 is 35.1 Å². The van der Waals surface area contributed by atoms with Gasteiger partial charge < -0.3 is 10.9 Å². The van der Waals surface area contributed by atoms with Crippen molar-refractivity contribution in [2.24, 2.45) is 10.9 Å². The molecule has 0 heterocycles. The maximum atomic E-state index is 10.8. The van der Waals surface area contributed by atoms with Crippen LogP contribution in [0, 0.1) is 0 Å². The topological polar surface area (TPSA) is 75.7 Å². The summed E-state index contributed by atoms with van der Waals surface area (Å²) >= 11 is 0. The van der Waals surface area contributed by atoms with Crippen LogP contribution in [-0.4, -0.2) is 17.3 Å². The number of nitrogens with zero attached hydrogens (tertiary/aromatic N) is 1. The van der Waals surface area contributed by atoms with Gasteiger partial charge in [0.15, 0.2) is 0 Å². The fourth-order valence-electron chi connectivity index (χ4n) is 2.48. The minimum Gasteiger partial charge on any atom is -0.478 e. The Morgan fingerprint density at radius 2 is 1.38 bits per heavy atom. The van der Waals surface area contributed by atoms with E-state index in [-0.39, 0.29) is 5.56 Å². The predicted octanol–water partition coefficient (Wildman–Crippen LogP) is 4.00. The van der Waals surface area contributed by atoms with Crippen molar-refractivity contribution in [2.75, 3.05) is 0 Å². The lowest BCUT2D eigenvalue weighted by atomic mass is 10.0. The van der Waals surface area contributed by atoms with Gasteiger partial charge in [-0.25, -0.2) is 4.79 Å². The van der Waals surface area contributed by atoms with E-state index in [0.717, 1.165) is 27.5 Å². The minimum absolute atomic E-state index is 0.287. The highest BCUT2D eigenvalue weighted by molar-refractivity contribution is 5.92. The molecular formula is C20H16N2O2. The van der Waals surface area contributed by atoms with Crippen molar-refractivity contribution in [3.8, 4) is 0 Å². The molecule has 0 aliphatic carbocycles. The van der Waals surface area contributed by atoms with E-state index in [1.165, 1.54) is 0 Å². The van der Waals surface area contributed by atoms with E-state index in [9.17, 15) is 4.79 Å². The molecule has 3 N–H and O–H groups in total. The van der Waals surface area contributed by atoms with Gasteiger partial charge in [-0.3, -0.25) is 0 Å². The molecule has 0 saturated heterocycles. The summed E-state index contributed by atoms with van der Waals surface area (Å²) in [5, 5.41) is 14.7. The van der Waals surface area contributed by atoms with Gasteiger partial charge in [0.25, 0.3) is 0 Å². The third-order valence-corrected chi connectivity index (χ3v) is 3.74. The Labute approximate surface area is 139 Å². The van der Waals surface area contributed by atoms with Gasteiger partial charge in [-0.1, -0.05) is 48.6 Å². The average Bonchev–Trinajstić information content (AvgIpc) is 2.60. The van der Waals surface area contributed by atoms with Crippen molar-refractivity contribution in [1.82, 2.24) is 0 Å². The minimum atomic E-state index is -0.917. The van der Waals surface area contributed by atoms with Crippen LogP contribution in [0.15, 0.2) is 65.8 Å². The zero-order chi connectivity index (χ0) is 16.9. The number of rotatable bonds is 4. The molecule has 0 fully saturated rings. The first-order valence-electron chi connectivity index (χ1n) is 7.44. The largest absolute Gasteiger partial charge is 0.478 e. The summed E-state index contributed by atoms with van der Waals surface area (Å²) in [4.78, 5) is 10.8. The highest BCUT2D eigenvalue weighted by atomic mass is 16.4. The van der Waals surface area contributed by atoms with Gasteiger partial charge in [-0.05, 0) is 51.7 Å². The lowest BCUT2D eigenvalue weighted by Gasteiger charge is -2.02. The molecule has 0 aliphatic rings. The second kappa shape index (κ2) is 6.79. The first kappa shape index (κ1) is 15.5. The van der Waals surface area contributed by atoms with Crippen molar-refractivity contribution in [3.05, 3.63) is 82.9 Å². The van der Waals surface area contributed by atoms with Crippen LogP contribution in [-0.2, 0) is 0 Å². The average molecular weight is 316 g/mol. The normalized spacial score (nSPS) is 11.5. The monoisotopic (exact) mass is 316 g/mol. The first-order valence-corrected chi connectivity index (χ1v) is 7.44. The van der Waals surface area contributed by atoms with Gasteiger partial charge >= 0.3 is 5.97 Å². The highest BCUT2D eigenvalue weighted by Crippen LogP contribution is 2.19. The van der Waals surface area contributed by atoms with Crippen LogP contribution in [0.2, 0.25) is 0 Å². The molecule has 4 nitrogen and oxygen atoms in total. The smallest absolute Gasteiger partial charge is 0.335 e. The number of hydrogen-bond donors (Lipinski definition) is 2. The molecule has 0 saturated carbocycles. The molecule has 0 spiro atoms. The second-order valence-electron chi connectivity index (χ2n) is 5.40. The number of carboxylic acid groups (broad SMARTS) is 1. The Hall–Kier alpha value is -3.40. The third kappa shape index (κ3) is 3.50. The van der Waals surface area contributed by atoms with Crippen molar-refractivity contribution in [3.63, 3.8) is 0 Å². The molecule has 0 unspecified atom stereocenters. The number of carbonyl (C=O) groups is 1. The Balaban J connectivity index is 1.84. The molecule has 0 amide bonds. The summed E-state index contributed by atoms with van der Waals surface area (Å²) in [6.45, 7) is 0. The van der Waals surface area contributed by atoms with Gasteiger partial charge in [0, 0.05) is 0 Å². The van der Waals surface area contributed by atoms with E-state index >= 15 is 0 Å². The summed E-state index contributed by atoms with van der Waals surface area (Å²) in [5.41, 5.74) is 3.28. The molecule has 3 rings (SSSR count). The molecular weight excluding hydrogens is 300 g/mol. The zero-order valence-electron chi connectivity index (χ0n) is 12.9. The lowest BCUT2D eigenvalue weighted by Crippen LogP contribution is -1.94. The van der Waals surface area contributed by atoms with Crippen LogP contribution >= 0.6 is 0 Å². The summed E-state index contributed by atoms with van der Waals surface area (Å²) in [7, 11) is 0. The predicted molar refractivity (Wildman–Crippen MR) is 98.1 cm³/mol. The van der Waals surface area contributed by atoms with E-state index < -0.39 is 5.97 Å². The van der Waals surface area contributed by atoms with Crippen LogP contribution < -0.4 is 5.84 Å². The fraction of sp³-hybridized carbons (Fsp3) is 0. The maximum Gasteiger partial charge on any atom is 0.335 e.